The van der Waals surface area contributed by atoms with E-state index in [2.05, 4.69) is 10.2 Å². The molecule has 0 saturated heterocycles. The normalized spacial score (nSPS) is 17.2. The number of carbonyl (C=O) groups is 2. The number of carboxylic acid groups (broad SMARTS) is 1. The van der Waals surface area contributed by atoms with Gasteiger partial charge in [0.2, 0.25) is 5.91 Å². The molecule has 1 saturated carbocycles. The molecule has 1 fully saturated rings. The van der Waals surface area contributed by atoms with Crippen LogP contribution in [0.5, 0.6) is 0 Å². The molecule has 1 aromatic heterocycles. The van der Waals surface area contributed by atoms with Crippen LogP contribution in [0.15, 0.2) is 11.5 Å². The van der Waals surface area contributed by atoms with Crippen molar-refractivity contribution in [2.75, 3.05) is 12.8 Å². The fraction of sp³-hybridized carbons (Fsp3) is 0.733. The van der Waals surface area contributed by atoms with E-state index in [1.807, 2.05) is 18.4 Å². The number of rotatable bonds is 6. The molecule has 23 heavy (non-hydrogen) atoms. The first-order valence-corrected chi connectivity index (χ1v) is 8.89. The van der Waals surface area contributed by atoms with E-state index in [0.29, 0.717) is 18.0 Å². The highest BCUT2D eigenvalue weighted by Gasteiger charge is 2.45. The van der Waals surface area contributed by atoms with E-state index in [4.69, 9.17) is 0 Å². The van der Waals surface area contributed by atoms with Gasteiger partial charge in [-0.05, 0) is 26.7 Å². The number of nitrogens with zero attached hydrogens (tertiary/aromatic N) is 4. The third kappa shape index (κ3) is 3.68. The van der Waals surface area contributed by atoms with Crippen molar-refractivity contribution in [3.63, 3.8) is 0 Å². The molecule has 0 radical (unpaired) electrons. The average Bonchev–Trinajstić information content (AvgIpc) is 3.01. The van der Waals surface area contributed by atoms with Gasteiger partial charge in [-0.2, -0.15) is 0 Å². The Morgan fingerprint density at radius 2 is 2.04 bits per heavy atom. The summed E-state index contributed by atoms with van der Waals surface area (Å²) in [5.41, 5.74) is -1.05. The third-order valence-electron chi connectivity index (χ3n) is 4.52. The number of aliphatic carboxylic acids is 1. The Morgan fingerprint density at radius 1 is 1.39 bits per heavy atom. The van der Waals surface area contributed by atoms with E-state index in [1.54, 1.807) is 13.4 Å². The fourth-order valence-corrected chi connectivity index (χ4v) is 3.94. The first-order valence-electron chi connectivity index (χ1n) is 7.91. The Labute approximate surface area is 140 Å². The highest BCUT2D eigenvalue weighted by atomic mass is 32.2. The summed E-state index contributed by atoms with van der Waals surface area (Å²) in [6.07, 6.45) is 5.41. The highest BCUT2D eigenvalue weighted by Crippen LogP contribution is 2.34. The van der Waals surface area contributed by atoms with Gasteiger partial charge in [0, 0.05) is 13.1 Å². The van der Waals surface area contributed by atoms with Crippen molar-refractivity contribution in [3.8, 4) is 0 Å². The van der Waals surface area contributed by atoms with Crippen molar-refractivity contribution < 1.29 is 14.7 Å². The summed E-state index contributed by atoms with van der Waals surface area (Å²) in [5, 5.41) is 18.2. The summed E-state index contributed by atoms with van der Waals surface area (Å²) in [7, 11) is 1.61. The van der Waals surface area contributed by atoms with E-state index >= 15 is 0 Å². The van der Waals surface area contributed by atoms with Gasteiger partial charge in [0.25, 0.3) is 0 Å². The second-order valence-corrected chi connectivity index (χ2v) is 7.20. The van der Waals surface area contributed by atoms with Crippen molar-refractivity contribution in [2.45, 2.75) is 62.7 Å². The maximum Gasteiger partial charge on any atom is 0.329 e. The predicted octanol–water partition coefficient (Wildman–Crippen LogP) is 2.20. The summed E-state index contributed by atoms with van der Waals surface area (Å²) in [6, 6.07) is 0.212. The van der Waals surface area contributed by atoms with E-state index in [0.717, 1.165) is 19.3 Å². The van der Waals surface area contributed by atoms with Crippen LogP contribution >= 0.6 is 11.8 Å². The monoisotopic (exact) mass is 340 g/mol. The first kappa shape index (κ1) is 17.8. The second kappa shape index (κ2) is 7.33. The zero-order valence-electron chi connectivity index (χ0n) is 13.9. The van der Waals surface area contributed by atoms with Gasteiger partial charge in [0.1, 0.15) is 11.9 Å². The molecule has 7 nitrogen and oxygen atoms in total. The Morgan fingerprint density at radius 3 is 2.61 bits per heavy atom. The quantitative estimate of drug-likeness (QED) is 0.799. The summed E-state index contributed by atoms with van der Waals surface area (Å²) in [4.78, 5) is 25.7. The Kier molecular flexibility index (Phi) is 5.67. The van der Waals surface area contributed by atoms with Crippen LogP contribution in [0.4, 0.5) is 0 Å². The van der Waals surface area contributed by atoms with Gasteiger partial charge in [-0.1, -0.05) is 31.0 Å². The van der Waals surface area contributed by atoms with Crippen LogP contribution in [0.25, 0.3) is 0 Å². The Hall–Kier alpha value is -1.57. The van der Waals surface area contributed by atoms with Gasteiger partial charge >= 0.3 is 5.97 Å². The molecule has 0 spiro atoms. The topological polar surface area (TPSA) is 88.3 Å². The SMILES string of the molecule is CC(C)n1cnnc1SCC(=O)N(C)C1(C(=O)O)CCCCC1. The lowest BCUT2D eigenvalue weighted by molar-refractivity contribution is -0.159. The molecule has 0 bridgehead atoms. The van der Waals surface area contributed by atoms with Gasteiger partial charge < -0.3 is 14.6 Å². The van der Waals surface area contributed by atoms with E-state index in [1.165, 1.54) is 16.7 Å². The zero-order valence-corrected chi connectivity index (χ0v) is 14.7. The molecule has 1 N–H and O–H groups in total. The standard InChI is InChI=1S/C15H24N4O3S/c1-11(2)19-10-16-17-14(19)23-9-12(20)18(3)15(13(21)22)7-5-4-6-8-15/h10-11H,4-9H2,1-3H3,(H,21,22). The fourth-order valence-electron chi connectivity index (χ4n) is 2.98. The van der Waals surface area contributed by atoms with Gasteiger partial charge in [-0.25, -0.2) is 4.79 Å². The minimum absolute atomic E-state index is 0.164. The molecule has 1 amide bonds. The summed E-state index contributed by atoms with van der Waals surface area (Å²) < 4.78 is 1.89. The molecule has 128 valence electrons. The lowest BCUT2D eigenvalue weighted by Gasteiger charge is -2.41. The van der Waals surface area contributed by atoms with Gasteiger partial charge in [-0.15, -0.1) is 10.2 Å². The Balaban J connectivity index is 2.04. The number of thioether (sulfide) groups is 1. The molecule has 2 rings (SSSR count). The van der Waals surface area contributed by atoms with Crippen molar-refractivity contribution in [1.82, 2.24) is 19.7 Å². The number of hydrogen-bond donors (Lipinski definition) is 1. The maximum absolute atomic E-state index is 12.5. The zero-order chi connectivity index (χ0) is 17.0. The van der Waals surface area contributed by atoms with Crippen LogP contribution in [-0.4, -0.2) is 55.0 Å². The molecule has 0 unspecified atom stereocenters. The molecular formula is C15H24N4O3S. The van der Waals surface area contributed by atoms with Crippen LogP contribution in [-0.2, 0) is 9.59 Å². The third-order valence-corrected chi connectivity index (χ3v) is 5.46. The molecule has 0 atom stereocenters. The maximum atomic E-state index is 12.5. The highest BCUT2D eigenvalue weighted by molar-refractivity contribution is 7.99. The van der Waals surface area contributed by atoms with Crippen molar-refractivity contribution in [1.29, 1.82) is 0 Å². The molecular weight excluding hydrogens is 316 g/mol. The number of amides is 1. The van der Waals surface area contributed by atoms with Crippen LogP contribution in [0.3, 0.4) is 0 Å². The van der Waals surface area contributed by atoms with E-state index in [9.17, 15) is 14.7 Å². The minimum Gasteiger partial charge on any atom is -0.479 e. The number of likely N-dealkylation sites (N-methyl/N-ethyl adjacent to an activating group) is 1. The summed E-state index contributed by atoms with van der Waals surface area (Å²) in [6.45, 7) is 4.03. The Bertz CT molecular complexity index is 567. The smallest absolute Gasteiger partial charge is 0.329 e. The average molecular weight is 340 g/mol. The van der Waals surface area contributed by atoms with Gasteiger partial charge in [0.15, 0.2) is 5.16 Å². The van der Waals surface area contributed by atoms with Crippen LogP contribution < -0.4 is 0 Å². The van der Waals surface area contributed by atoms with Crippen LogP contribution in [0, 0.1) is 0 Å². The molecule has 0 aromatic carbocycles. The molecule has 1 aliphatic carbocycles. The van der Waals surface area contributed by atoms with Crippen molar-refractivity contribution in [3.05, 3.63) is 6.33 Å². The van der Waals surface area contributed by atoms with Crippen LogP contribution in [0.1, 0.15) is 52.0 Å². The molecule has 1 heterocycles. The minimum atomic E-state index is -1.05. The second-order valence-electron chi connectivity index (χ2n) is 6.25. The molecule has 8 heteroatoms. The molecule has 1 aliphatic rings. The first-order chi connectivity index (χ1) is 10.9. The largest absolute Gasteiger partial charge is 0.479 e. The molecule has 0 aliphatic heterocycles. The van der Waals surface area contributed by atoms with Crippen molar-refractivity contribution in [2.24, 2.45) is 0 Å². The molecule has 1 aromatic rings. The van der Waals surface area contributed by atoms with Gasteiger partial charge in [0.05, 0.1) is 5.75 Å². The van der Waals surface area contributed by atoms with Gasteiger partial charge in [-0.3, -0.25) is 4.79 Å². The predicted molar refractivity (Wildman–Crippen MR) is 87.4 cm³/mol. The number of hydrogen-bond acceptors (Lipinski definition) is 5. The summed E-state index contributed by atoms with van der Waals surface area (Å²) in [5.74, 6) is -0.919. The van der Waals surface area contributed by atoms with Crippen molar-refractivity contribution >= 4 is 23.6 Å². The lowest BCUT2D eigenvalue weighted by atomic mass is 9.80. The van der Waals surface area contributed by atoms with E-state index in [-0.39, 0.29) is 17.7 Å². The van der Waals surface area contributed by atoms with Crippen LogP contribution in [0.2, 0.25) is 0 Å². The lowest BCUT2D eigenvalue weighted by Crippen LogP contribution is -2.56. The summed E-state index contributed by atoms with van der Waals surface area (Å²) >= 11 is 1.30. The number of carbonyl (C=O) groups excluding carboxylic acids is 1. The number of carboxylic acids is 1. The van der Waals surface area contributed by atoms with E-state index < -0.39 is 11.5 Å². The number of aromatic nitrogens is 3.